The first-order chi connectivity index (χ1) is 34.5. The Hall–Kier alpha value is -2.70. The summed E-state index contributed by atoms with van der Waals surface area (Å²) in [6.07, 6.45) is 74.0. The molecule has 3 atom stereocenters. The van der Waals surface area contributed by atoms with Crippen molar-refractivity contribution in [2.24, 2.45) is 0 Å². The van der Waals surface area contributed by atoms with Crippen molar-refractivity contribution in [2.45, 2.75) is 315 Å². The number of hydrogen-bond acceptors (Lipinski definition) is 5. The summed E-state index contributed by atoms with van der Waals surface area (Å²) in [5, 5.41) is 23.9. The lowest BCUT2D eigenvalue weighted by molar-refractivity contribution is -0.151. The van der Waals surface area contributed by atoms with Crippen molar-refractivity contribution < 1.29 is 24.5 Å². The molecule has 6 nitrogen and oxygen atoms in total. The maximum absolute atomic E-state index is 13.3. The molecule has 0 bridgehead atoms. The van der Waals surface area contributed by atoms with Gasteiger partial charge >= 0.3 is 5.97 Å². The van der Waals surface area contributed by atoms with Crippen molar-refractivity contribution in [3.05, 3.63) is 72.9 Å². The van der Waals surface area contributed by atoms with Gasteiger partial charge in [0.2, 0.25) is 5.91 Å². The fourth-order valence-electron chi connectivity index (χ4n) is 8.99. The van der Waals surface area contributed by atoms with Gasteiger partial charge in [0, 0.05) is 6.42 Å². The highest BCUT2D eigenvalue weighted by Gasteiger charge is 2.24. The molecule has 0 aromatic heterocycles. The summed E-state index contributed by atoms with van der Waals surface area (Å²) in [4.78, 5) is 26.3. The fraction of sp³-hybridized carbons (Fsp3) is 0.781. The second-order valence-electron chi connectivity index (χ2n) is 20.4. The van der Waals surface area contributed by atoms with E-state index in [9.17, 15) is 19.8 Å². The Bertz CT molecular complexity index is 1280. The van der Waals surface area contributed by atoms with E-state index < -0.39 is 18.2 Å². The van der Waals surface area contributed by atoms with Crippen molar-refractivity contribution in [3.63, 3.8) is 0 Å². The molecule has 0 aliphatic carbocycles. The Kier molecular flexibility index (Phi) is 55.0. The molecule has 0 spiro atoms. The van der Waals surface area contributed by atoms with Crippen LogP contribution in [0.4, 0.5) is 0 Å². The SMILES string of the molecule is CC/C=C\C/C=C\C/C=C\C/C=C\C/C=C\CCCC(=O)OC(CCCCCCCCC/C=C/CCCCCCCC)CC(=O)NC(CO)C(O)CCCCCCCCCCCCCCCCCCC. The zero-order valence-corrected chi connectivity index (χ0v) is 46.4. The normalized spacial score (nSPS) is 13.6. The fourth-order valence-corrected chi connectivity index (χ4v) is 8.99. The van der Waals surface area contributed by atoms with Crippen molar-refractivity contribution in [1.29, 1.82) is 0 Å². The zero-order valence-electron chi connectivity index (χ0n) is 46.4. The first kappa shape index (κ1) is 67.3. The molecule has 3 unspecified atom stereocenters. The minimum Gasteiger partial charge on any atom is -0.462 e. The van der Waals surface area contributed by atoms with Gasteiger partial charge in [0.25, 0.3) is 0 Å². The van der Waals surface area contributed by atoms with E-state index in [1.807, 2.05) is 0 Å². The molecular weight excluding hydrogens is 863 g/mol. The average Bonchev–Trinajstić information content (AvgIpc) is 3.35. The van der Waals surface area contributed by atoms with Crippen LogP contribution in [0.15, 0.2) is 72.9 Å². The topological polar surface area (TPSA) is 95.9 Å². The summed E-state index contributed by atoms with van der Waals surface area (Å²) in [6.45, 7) is 6.39. The Labute approximate surface area is 434 Å². The Morgan fingerprint density at radius 2 is 0.771 bits per heavy atom. The molecule has 406 valence electrons. The molecule has 70 heavy (non-hydrogen) atoms. The number of rotatable bonds is 54. The molecule has 0 heterocycles. The van der Waals surface area contributed by atoms with Crippen LogP contribution in [-0.4, -0.2) is 46.9 Å². The maximum atomic E-state index is 13.3. The number of carbonyl (C=O) groups is 2. The highest BCUT2D eigenvalue weighted by molar-refractivity contribution is 5.77. The summed E-state index contributed by atoms with van der Waals surface area (Å²) < 4.78 is 5.94. The largest absolute Gasteiger partial charge is 0.462 e. The zero-order chi connectivity index (χ0) is 50.9. The second kappa shape index (κ2) is 57.2. The minimum absolute atomic E-state index is 0.0508. The van der Waals surface area contributed by atoms with E-state index in [4.69, 9.17) is 4.74 Å². The van der Waals surface area contributed by atoms with Gasteiger partial charge in [-0.1, -0.05) is 267 Å². The molecule has 3 N–H and O–H groups in total. The highest BCUT2D eigenvalue weighted by Crippen LogP contribution is 2.18. The van der Waals surface area contributed by atoms with Crippen LogP contribution in [0.5, 0.6) is 0 Å². The van der Waals surface area contributed by atoms with Crippen LogP contribution in [0.3, 0.4) is 0 Å². The second-order valence-corrected chi connectivity index (χ2v) is 20.4. The molecule has 0 fully saturated rings. The monoisotopic (exact) mass is 978 g/mol. The Balaban J connectivity index is 4.63. The number of aliphatic hydroxyl groups excluding tert-OH is 2. The molecule has 0 saturated heterocycles. The van der Waals surface area contributed by atoms with Gasteiger partial charge in [0.15, 0.2) is 0 Å². The standard InChI is InChI=1S/C64H115NO5/c1-4-7-10-13-16-19-22-25-28-31-34-37-40-43-46-49-52-55-60(70-64(69)57-54-51-48-45-42-39-36-33-30-27-24-21-18-15-12-9-6-3)58-63(68)65-61(59-66)62(67)56-53-50-47-44-41-38-35-32-29-26-23-20-17-14-11-8-5-2/h9,12,18,21,25,27-28,30,36,39,45,48,60-62,66-67H,4-8,10-11,13-17,19-20,22-24,26,29,31-35,37-38,40-44,46-47,49-59H2,1-3H3,(H,65,68)/b12-9-,21-18-,28-25+,30-27-,39-36-,48-45-. The van der Waals surface area contributed by atoms with Crippen LogP contribution in [0.2, 0.25) is 0 Å². The number of aliphatic hydroxyl groups is 2. The van der Waals surface area contributed by atoms with Crippen molar-refractivity contribution in [2.75, 3.05) is 6.61 Å². The Morgan fingerprint density at radius 1 is 0.429 bits per heavy atom. The third kappa shape index (κ3) is 51.6. The number of ether oxygens (including phenoxy) is 1. The molecule has 0 aliphatic heterocycles. The van der Waals surface area contributed by atoms with Crippen LogP contribution < -0.4 is 5.32 Å². The van der Waals surface area contributed by atoms with Crippen LogP contribution in [-0.2, 0) is 14.3 Å². The molecule has 0 rings (SSSR count). The van der Waals surface area contributed by atoms with Gasteiger partial charge in [0.1, 0.15) is 6.10 Å². The quantitative estimate of drug-likeness (QED) is 0.0321. The number of nitrogens with one attached hydrogen (secondary N) is 1. The van der Waals surface area contributed by atoms with Gasteiger partial charge in [-0.25, -0.2) is 0 Å². The van der Waals surface area contributed by atoms with E-state index in [0.29, 0.717) is 25.7 Å². The third-order valence-corrected chi connectivity index (χ3v) is 13.5. The smallest absolute Gasteiger partial charge is 0.306 e. The molecule has 0 radical (unpaired) electrons. The van der Waals surface area contributed by atoms with Crippen LogP contribution >= 0.6 is 0 Å². The van der Waals surface area contributed by atoms with Gasteiger partial charge < -0.3 is 20.3 Å². The number of carbonyl (C=O) groups excluding carboxylic acids is 2. The van der Waals surface area contributed by atoms with E-state index in [-0.39, 0.29) is 24.9 Å². The van der Waals surface area contributed by atoms with Crippen molar-refractivity contribution in [3.8, 4) is 0 Å². The van der Waals surface area contributed by atoms with E-state index in [1.54, 1.807) is 0 Å². The summed E-state index contributed by atoms with van der Waals surface area (Å²) >= 11 is 0. The van der Waals surface area contributed by atoms with E-state index in [2.05, 4.69) is 99.0 Å². The number of amides is 1. The van der Waals surface area contributed by atoms with Crippen molar-refractivity contribution >= 4 is 11.9 Å². The Morgan fingerprint density at radius 3 is 1.19 bits per heavy atom. The lowest BCUT2D eigenvalue weighted by atomic mass is 10.0. The molecule has 0 saturated carbocycles. The lowest BCUT2D eigenvalue weighted by Crippen LogP contribution is -2.46. The number of esters is 1. The number of allylic oxidation sites excluding steroid dienone is 12. The summed E-state index contributed by atoms with van der Waals surface area (Å²) in [7, 11) is 0. The van der Waals surface area contributed by atoms with Gasteiger partial charge in [0.05, 0.1) is 25.2 Å². The number of hydrogen-bond donors (Lipinski definition) is 3. The van der Waals surface area contributed by atoms with Gasteiger partial charge in [-0.2, -0.15) is 0 Å². The van der Waals surface area contributed by atoms with Gasteiger partial charge in [-0.15, -0.1) is 0 Å². The molecule has 0 aliphatic rings. The summed E-state index contributed by atoms with van der Waals surface area (Å²) in [6, 6.07) is -0.718. The van der Waals surface area contributed by atoms with Crippen LogP contribution in [0.25, 0.3) is 0 Å². The molecule has 6 heteroatoms. The summed E-state index contributed by atoms with van der Waals surface area (Å²) in [5.41, 5.74) is 0. The van der Waals surface area contributed by atoms with Crippen LogP contribution in [0, 0.1) is 0 Å². The first-order valence-corrected chi connectivity index (χ1v) is 30.2. The van der Waals surface area contributed by atoms with E-state index in [0.717, 1.165) is 77.0 Å². The minimum atomic E-state index is -0.802. The highest BCUT2D eigenvalue weighted by atomic mass is 16.5. The van der Waals surface area contributed by atoms with Gasteiger partial charge in [-0.05, 0) is 89.9 Å². The molecule has 0 aromatic carbocycles. The first-order valence-electron chi connectivity index (χ1n) is 30.2. The predicted octanol–water partition coefficient (Wildman–Crippen LogP) is 18.9. The van der Waals surface area contributed by atoms with Crippen LogP contribution in [0.1, 0.15) is 297 Å². The average molecular weight is 979 g/mol. The van der Waals surface area contributed by atoms with E-state index in [1.165, 1.54) is 167 Å². The molecular formula is C64H115NO5. The van der Waals surface area contributed by atoms with E-state index >= 15 is 0 Å². The predicted molar refractivity (Wildman–Crippen MR) is 305 cm³/mol. The maximum Gasteiger partial charge on any atom is 0.306 e. The summed E-state index contributed by atoms with van der Waals surface area (Å²) in [5.74, 6) is -0.540. The van der Waals surface area contributed by atoms with Crippen molar-refractivity contribution in [1.82, 2.24) is 5.32 Å². The molecule has 0 aromatic rings. The number of unbranched alkanes of at least 4 members (excludes halogenated alkanes) is 30. The molecule has 1 amide bonds. The third-order valence-electron chi connectivity index (χ3n) is 13.5. The lowest BCUT2D eigenvalue weighted by Gasteiger charge is -2.24. The van der Waals surface area contributed by atoms with Gasteiger partial charge in [-0.3, -0.25) is 9.59 Å².